The van der Waals surface area contributed by atoms with E-state index in [1.165, 1.54) is 24.8 Å². The van der Waals surface area contributed by atoms with Gasteiger partial charge in [-0.15, -0.1) is 0 Å². The number of rotatable bonds is 3. The summed E-state index contributed by atoms with van der Waals surface area (Å²) in [5.41, 5.74) is 1.44. The summed E-state index contributed by atoms with van der Waals surface area (Å²) >= 11 is 0. The van der Waals surface area contributed by atoms with E-state index in [4.69, 9.17) is 4.42 Å². The fourth-order valence-corrected chi connectivity index (χ4v) is 4.68. The van der Waals surface area contributed by atoms with Gasteiger partial charge >= 0.3 is 0 Å². The summed E-state index contributed by atoms with van der Waals surface area (Å²) in [7, 11) is 0. The van der Waals surface area contributed by atoms with Crippen molar-refractivity contribution in [1.29, 1.82) is 0 Å². The van der Waals surface area contributed by atoms with Gasteiger partial charge < -0.3 is 9.32 Å². The summed E-state index contributed by atoms with van der Waals surface area (Å²) in [6.07, 6.45) is 11.0. The summed E-state index contributed by atoms with van der Waals surface area (Å²) in [6.45, 7) is 0.849. The van der Waals surface area contributed by atoms with Crippen molar-refractivity contribution in [3.63, 3.8) is 0 Å². The Morgan fingerprint density at radius 1 is 1.04 bits per heavy atom. The maximum absolute atomic E-state index is 12.8. The van der Waals surface area contributed by atoms with E-state index in [2.05, 4.69) is 35.2 Å². The zero-order chi connectivity index (χ0) is 17.1. The Balaban J connectivity index is 1.52. The molecule has 4 rings (SSSR count). The lowest BCUT2D eigenvalue weighted by Gasteiger charge is -2.48. The topological polar surface area (TPSA) is 33.5 Å². The normalized spacial score (nSPS) is 26.6. The third-order valence-corrected chi connectivity index (χ3v) is 5.82. The molecule has 1 saturated carbocycles. The van der Waals surface area contributed by atoms with Gasteiger partial charge in [0.25, 0.3) is 0 Å². The molecule has 2 fully saturated rings. The first kappa shape index (κ1) is 16.2. The lowest BCUT2D eigenvalue weighted by atomic mass is 9.69. The molecular weight excluding hydrogens is 310 g/mol. The van der Waals surface area contributed by atoms with E-state index in [1.807, 2.05) is 12.1 Å². The number of amides is 1. The number of hydrogen-bond acceptors (Lipinski definition) is 2. The summed E-state index contributed by atoms with van der Waals surface area (Å²) < 4.78 is 5.30. The van der Waals surface area contributed by atoms with Crippen LogP contribution in [0.4, 0.5) is 0 Å². The van der Waals surface area contributed by atoms with Crippen molar-refractivity contribution in [2.45, 2.75) is 44.1 Å². The molecule has 2 aromatic rings. The predicted octanol–water partition coefficient (Wildman–Crippen LogP) is 4.87. The van der Waals surface area contributed by atoms with Crippen LogP contribution < -0.4 is 0 Å². The average molecular weight is 335 g/mol. The first-order valence-electron chi connectivity index (χ1n) is 9.40. The molecule has 0 N–H and O–H groups in total. The molecular formula is C22H25NO2. The van der Waals surface area contributed by atoms with E-state index < -0.39 is 0 Å². The minimum atomic E-state index is 0.125. The Morgan fingerprint density at radius 3 is 2.68 bits per heavy atom. The number of likely N-dealkylation sites (tertiary alicyclic amines) is 1. The summed E-state index contributed by atoms with van der Waals surface area (Å²) in [5, 5.41) is 0. The molecule has 1 aliphatic carbocycles. The maximum Gasteiger partial charge on any atom is 0.246 e. The number of hydrogen-bond donors (Lipinski definition) is 0. The Labute approximate surface area is 149 Å². The average Bonchev–Trinajstić information content (AvgIpc) is 3.19. The van der Waals surface area contributed by atoms with Crippen LogP contribution in [0, 0.1) is 5.92 Å². The summed E-state index contributed by atoms with van der Waals surface area (Å²) in [4.78, 5) is 14.9. The van der Waals surface area contributed by atoms with Crippen LogP contribution in [0.5, 0.6) is 0 Å². The summed E-state index contributed by atoms with van der Waals surface area (Å²) in [6, 6.07) is 15.0. The van der Waals surface area contributed by atoms with Crippen LogP contribution in [-0.2, 0) is 4.79 Å². The van der Waals surface area contributed by atoms with Crippen molar-refractivity contribution in [2.75, 3.05) is 6.54 Å². The second-order valence-corrected chi connectivity index (χ2v) is 7.20. The third-order valence-electron chi connectivity index (χ3n) is 5.82. The lowest BCUT2D eigenvalue weighted by Crippen LogP contribution is -2.51. The molecule has 1 amide bonds. The minimum Gasteiger partial charge on any atom is -0.465 e. The van der Waals surface area contributed by atoms with E-state index in [0.717, 1.165) is 25.1 Å². The van der Waals surface area contributed by atoms with Crippen LogP contribution in [0.15, 0.2) is 59.2 Å². The molecule has 0 bridgehead atoms. The van der Waals surface area contributed by atoms with E-state index in [1.54, 1.807) is 18.4 Å². The molecule has 3 atom stereocenters. The van der Waals surface area contributed by atoms with Crippen LogP contribution in [-0.4, -0.2) is 23.4 Å². The van der Waals surface area contributed by atoms with Crippen molar-refractivity contribution in [2.24, 2.45) is 5.92 Å². The minimum absolute atomic E-state index is 0.125. The van der Waals surface area contributed by atoms with Gasteiger partial charge in [0.15, 0.2) is 0 Å². The highest BCUT2D eigenvalue weighted by atomic mass is 16.3. The Morgan fingerprint density at radius 2 is 1.88 bits per heavy atom. The van der Waals surface area contributed by atoms with E-state index >= 15 is 0 Å². The van der Waals surface area contributed by atoms with Gasteiger partial charge in [0.2, 0.25) is 5.91 Å². The SMILES string of the molecule is O=C(/C=C/c1ccco1)N1CC[C@@H](c2ccccc2)[C@@H]2CCCC[C@H]21. The molecule has 2 heterocycles. The first-order chi connectivity index (χ1) is 12.3. The van der Waals surface area contributed by atoms with Crippen LogP contribution in [0.25, 0.3) is 6.08 Å². The Hall–Kier alpha value is -2.29. The van der Waals surface area contributed by atoms with Crippen molar-refractivity contribution in [1.82, 2.24) is 4.90 Å². The molecule has 1 saturated heterocycles. The molecule has 130 valence electrons. The number of carbonyl (C=O) groups is 1. The largest absolute Gasteiger partial charge is 0.465 e. The maximum atomic E-state index is 12.8. The van der Waals surface area contributed by atoms with Crippen LogP contribution >= 0.6 is 0 Å². The highest BCUT2D eigenvalue weighted by Crippen LogP contribution is 2.44. The van der Waals surface area contributed by atoms with E-state index in [9.17, 15) is 4.79 Å². The van der Waals surface area contributed by atoms with E-state index in [-0.39, 0.29) is 5.91 Å². The van der Waals surface area contributed by atoms with Gasteiger partial charge in [0, 0.05) is 18.7 Å². The van der Waals surface area contributed by atoms with Gasteiger partial charge in [-0.3, -0.25) is 4.79 Å². The number of fused-ring (bicyclic) bond motifs is 1. The molecule has 1 aliphatic heterocycles. The number of nitrogens with zero attached hydrogens (tertiary/aromatic N) is 1. The fourth-order valence-electron chi connectivity index (χ4n) is 4.68. The van der Waals surface area contributed by atoms with Gasteiger partial charge in [-0.25, -0.2) is 0 Å². The third kappa shape index (κ3) is 3.41. The number of furan rings is 1. The lowest BCUT2D eigenvalue weighted by molar-refractivity contribution is -0.132. The van der Waals surface area contributed by atoms with Crippen LogP contribution in [0.1, 0.15) is 49.3 Å². The van der Waals surface area contributed by atoms with Crippen molar-refractivity contribution >= 4 is 12.0 Å². The predicted molar refractivity (Wildman–Crippen MR) is 99.0 cm³/mol. The van der Waals surface area contributed by atoms with Gasteiger partial charge in [0.1, 0.15) is 5.76 Å². The standard InChI is InChI=1S/C22H25NO2/c24-22(13-12-18-9-6-16-25-18)23-15-14-19(17-7-2-1-3-8-17)20-10-4-5-11-21(20)23/h1-3,6-9,12-13,16,19-21H,4-5,10-11,14-15H2/b13-12+/t19-,20-,21+/m0/s1. The van der Waals surface area contributed by atoms with Gasteiger partial charge in [0.05, 0.1) is 6.26 Å². The Bertz CT molecular complexity index is 720. The number of carbonyl (C=O) groups excluding carboxylic acids is 1. The van der Waals surface area contributed by atoms with Crippen molar-refractivity contribution < 1.29 is 9.21 Å². The second kappa shape index (κ2) is 7.30. The smallest absolute Gasteiger partial charge is 0.246 e. The molecule has 0 unspecified atom stereocenters. The summed E-state index contributed by atoms with van der Waals surface area (Å²) in [5.74, 6) is 2.03. The fraction of sp³-hybridized carbons (Fsp3) is 0.409. The number of benzene rings is 1. The molecule has 1 aromatic carbocycles. The van der Waals surface area contributed by atoms with Gasteiger partial charge in [-0.05, 0) is 54.9 Å². The zero-order valence-electron chi connectivity index (χ0n) is 14.5. The Kier molecular flexibility index (Phi) is 4.73. The molecule has 2 aliphatic rings. The quantitative estimate of drug-likeness (QED) is 0.750. The number of piperidine rings is 1. The zero-order valence-corrected chi connectivity index (χ0v) is 14.5. The molecule has 0 spiro atoms. The molecule has 3 nitrogen and oxygen atoms in total. The van der Waals surface area contributed by atoms with Crippen LogP contribution in [0.3, 0.4) is 0 Å². The van der Waals surface area contributed by atoms with Crippen molar-refractivity contribution in [3.8, 4) is 0 Å². The first-order valence-corrected chi connectivity index (χ1v) is 9.40. The second-order valence-electron chi connectivity index (χ2n) is 7.20. The molecule has 3 heteroatoms. The molecule has 25 heavy (non-hydrogen) atoms. The van der Waals surface area contributed by atoms with Gasteiger partial charge in [-0.1, -0.05) is 43.2 Å². The van der Waals surface area contributed by atoms with Crippen molar-refractivity contribution in [3.05, 3.63) is 66.1 Å². The van der Waals surface area contributed by atoms with E-state index in [0.29, 0.717) is 17.9 Å². The highest BCUT2D eigenvalue weighted by molar-refractivity contribution is 5.91. The molecule has 0 radical (unpaired) electrons. The molecule has 1 aromatic heterocycles. The van der Waals surface area contributed by atoms with Crippen LogP contribution in [0.2, 0.25) is 0 Å². The van der Waals surface area contributed by atoms with Gasteiger partial charge in [-0.2, -0.15) is 0 Å². The highest BCUT2D eigenvalue weighted by Gasteiger charge is 2.41. The monoisotopic (exact) mass is 335 g/mol.